The third-order valence-corrected chi connectivity index (χ3v) is 4.03. The fourth-order valence-corrected chi connectivity index (χ4v) is 2.69. The highest BCUT2D eigenvalue weighted by molar-refractivity contribution is 5.41. The van der Waals surface area contributed by atoms with Crippen LogP contribution < -0.4 is 0 Å². The molecular weight excluding hydrogens is 341 g/mol. The second-order valence-electron chi connectivity index (χ2n) is 6.04. The van der Waals surface area contributed by atoms with Crippen LogP contribution in [-0.2, 0) is 12.8 Å². The van der Waals surface area contributed by atoms with Crippen LogP contribution in [0.15, 0.2) is 49.1 Å². The van der Waals surface area contributed by atoms with E-state index in [0.717, 1.165) is 11.1 Å². The minimum Gasteiger partial charge on any atom is -0.234 e. The van der Waals surface area contributed by atoms with Crippen molar-refractivity contribution in [2.24, 2.45) is 0 Å². The molecule has 1 aromatic carbocycles. The first-order valence-electron chi connectivity index (χ1n) is 8.17. The van der Waals surface area contributed by atoms with E-state index in [9.17, 15) is 13.2 Å². The molecular formula is C19H17F3N4. The molecule has 2 aromatic heterocycles. The highest BCUT2D eigenvalue weighted by atomic mass is 19.3. The van der Waals surface area contributed by atoms with Crippen molar-refractivity contribution < 1.29 is 13.2 Å². The topological polar surface area (TPSA) is 51.6 Å². The number of nitrogens with zero attached hydrogens (tertiary/aromatic N) is 4. The molecule has 26 heavy (non-hydrogen) atoms. The van der Waals surface area contributed by atoms with Gasteiger partial charge in [0.1, 0.15) is 5.82 Å². The van der Waals surface area contributed by atoms with Crippen molar-refractivity contribution >= 4 is 0 Å². The maximum atomic E-state index is 13.7. The highest BCUT2D eigenvalue weighted by Crippen LogP contribution is 2.24. The Kier molecular flexibility index (Phi) is 5.55. The Morgan fingerprint density at radius 3 is 2.23 bits per heavy atom. The number of alkyl halides is 2. The van der Waals surface area contributed by atoms with Crippen molar-refractivity contribution in [1.29, 1.82) is 0 Å². The van der Waals surface area contributed by atoms with Crippen molar-refractivity contribution in [2.75, 3.05) is 0 Å². The summed E-state index contributed by atoms with van der Waals surface area (Å²) in [6, 6.07) is 6.10. The quantitative estimate of drug-likeness (QED) is 0.662. The van der Waals surface area contributed by atoms with Gasteiger partial charge in [-0.3, -0.25) is 0 Å². The van der Waals surface area contributed by atoms with Gasteiger partial charge < -0.3 is 0 Å². The number of hydrogen-bond donors (Lipinski definition) is 0. The third-order valence-electron chi connectivity index (χ3n) is 4.03. The van der Waals surface area contributed by atoms with E-state index in [1.807, 2.05) is 6.92 Å². The number of benzene rings is 1. The van der Waals surface area contributed by atoms with Crippen LogP contribution in [-0.4, -0.2) is 26.4 Å². The lowest BCUT2D eigenvalue weighted by Crippen LogP contribution is -2.05. The summed E-state index contributed by atoms with van der Waals surface area (Å²) in [7, 11) is 0. The molecule has 3 aromatic rings. The van der Waals surface area contributed by atoms with Crippen molar-refractivity contribution in [2.45, 2.75) is 32.1 Å². The zero-order valence-corrected chi connectivity index (χ0v) is 14.1. The second-order valence-corrected chi connectivity index (χ2v) is 6.04. The summed E-state index contributed by atoms with van der Waals surface area (Å²) >= 11 is 0. The molecule has 1 unspecified atom stereocenters. The first kappa shape index (κ1) is 18.0. The fourth-order valence-electron chi connectivity index (χ4n) is 2.69. The predicted molar refractivity (Wildman–Crippen MR) is 91.3 cm³/mol. The van der Waals surface area contributed by atoms with Crippen LogP contribution in [0.1, 0.15) is 29.5 Å². The van der Waals surface area contributed by atoms with E-state index in [-0.39, 0.29) is 11.5 Å². The molecule has 0 fully saturated rings. The zero-order chi connectivity index (χ0) is 18.5. The lowest BCUT2D eigenvalue weighted by Gasteiger charge is -2.14. The van der Waals surface area contributed by atoms with Gasteiger partial charge in [-0.25, -0.2) is 33.1 Å². The monoisotopic (exact) mass is 358 g/mol. The lowest BCUT2D eigenvalue weighted by molar-refractivity contribution is 0.147. The Bertz CT molecular complexity index is 854. The van der Waals surface area contributed by atoms with Crippen LogP contribution in [0.25, 0.3) is 11.6 Å². The van der Waals surface area contributed by atoms with E-state index >= 15 is 0 Å². The standard InChI is InChI=1S/C19H17F3N4/c1-12(14-3-4-16(20)15(8-14)9-17(21)22)7-13-10-25-19(26-11-13)18-23-5-2-6-24-18/h2-6,8,10-12,17H,7,9H2,1H3. The maximum absolute atomic E-state index is 13.7. The molecule has 0 aliphatic carbocycles. The molecule has 0 radical (unpaired) electrons. The molecule has 0 amide bonds. The molecule has 134 valence electrons. The molecule has 0 saturated heterocycles. The molecule has 4 nitrogen and oxygen atoms in total. The Labute approximate surface area is 149 Å². The predicted octanol–water partition coefficient (Wildman–Crippen LogP) is 4.23. The molecule has 2 heterocycles. The van der Waals surface area contributed by atoms with Crippen LogP contribution in [0, 0.1) is 5.82 Å². The van der Waals surface area contributed by atoms with Crippen LogP contribution in [0.2, 0.25) is 0 Å². The molecule has 0 aliphatic rings. The minimum atomic E-state index is -2.57. The minimum absolute atomic E-state index is 0.00875. The van der Waals surface area contributed by atoms with E-state index < -0.39 is 18.7 Å². The lowest BCUT2D eigenvalue weighted by atomic mass is 9.93. The number of rotatable bonds is 6. The SMILES string of the molecule is CC(Cc1cnc(-c2ncccn2)nc1)c1ccc(F)c(CC(F)F)c1. The summed E-state index contributed by atoms with van der Waals surface area (Å²) in [5.41, 5.74) is 1.73. The van der Waals surface area contributed by atoms with Gasteiger partial charge in [0.05, 0.1) is 0 Å². The average molecular weight is 358 g/mol. The van der Waals surface area contributed by atoms with Gasteiger partial charge in [0.15, 0.2) is 11.6 Å². The molecule has 7 heteroatoms. The first-order chi connectivity index (χ1) is 12.5. The van der Waals surface area contributed by atoms with Crippen LogP contribution in [0.5, 0.6) is 0 Å². The maximum Gasteiger partial charge on any atom is 0.242 e. The molecule has 0 N–H and O–H groups in total. The van der Waals surface area contributed by atoms with Gasteiger partial charge in [-0.2, -0.15) is 0 Å². The molecule has 0 aliphatic heterocycles. The molecule has 0 bridgehead atoms. The molecule has 0 spiro atoms. The van der Waals surface area contributed by atoms with Gasteiger partial charge in [0.2, 0.25) is 6.43 Å². The van der Waals surface area contributed by atoms with Gasteiger partial charge in [0, 0.05) is 31.2 Å². The summed E-state index contributed by atoms with van der Waals surface area (Å²) in [6.45, 7) is 1.95. The number of halogens is 3. The zero-order valence-electron chi connectivity index (χ0n) is 14.1. The van der Waals surface area contributed by atoms with E-state index in [2.05, 4.69) is 19.9 Å². The Balaban J connectivity index is 1.73. The highest BCUT2D eigenvalue weighted by Gasteiger charge is 2.14. The Hall–Kier alpha value is -2.83. The fraction of sp³-hybridized carbons (Fsp3) is 0.263. The summed E-state index contributed by atoms with van der Waals surface area (Å²) in [4.78, 5) is 16.7. The summed E-state index contributed by atoms with van der Waals surface area (Å²) in [5.74, 6) is 0.288. The summed E-state index contributed by atoms with van der Waals surface area (Å²) in [5, 5.41) is 0. The smallest absolute Gasteiger partial charge is 0.234 e. The van der Waals surface area contributed by atoms with E-state index in [1.54, 1.807) is 36.9 Å². The number of hydrogen-bond acceptors (Lipinski definition) is 4. The van der Waals surface area contributed by atoms with Crippen molar-refractivity contribution in [3.63, 3.8) is 0 Å². The largest absolute Gasteiger partial charge is 0.242 e. The van der Waals surface area contributed by atoms with E-state index in [4.69, 9.17) is 0 Å². The average Bonchev–Trinajstić information content (AvgIpc) is 2.64. The Morgan fingerprint density at radius 1 is 0.923 bits per heavy atom. The summed E-state index contributed by atoms with van der Waals surface area (Å²) < 4.78 is 38.8. The van der Waals surface area contributed by atoms with Crippen LogP contribution in [0.4, 0.5) is 13.2 Å². The Morgan fingerprint density at radius 2 is 1.58 bits per heavy atom. The van der Waals surface area contributed by atoms with Gasteiger partial charge in [0.25, 0.3) is 0 Å². The molecule has 0 saturated carbocycles. The first-order valence-corrected chi connectivity index (χ1v) is 8.17. The van der Waals surface area contributed by atoms with E-state index in [1.165, 1.54) is 12.1 Å². The van der Waals surface area contributed by atoms with Gasteiger partial charge in [-0.05, 0) is 41.2 Å². The van der Waals surface area contributed by atoms with Gasteiger partial charge >= 0.3 is 0 Å². The molecule has 1 atom stereocenters. The molecule has 3 rings (SSSR count). The van der Waals surface area contributed by atoms with Crippen molar-refractivity contribution in [1.82, 2.24) is 19.9 Å². The van der Waals surface area contributed by atoms with Crippen LogP contribution >= 0.6 is 0 Å². The van der Waals surface area contributed by atoms with E-state index in [0.29, 0.717) is 18.1 Å². The number of aromatic nitrogens is 4. The van der Waals surface area contributed by atoms with Gasteiger partial charge in [-0.1, -0.05) is 19.1 Å². The second kappa shape index (κ2) is 8.03. The van der Waals surface area contributed by atoms with Crippen LogP contribution in [0.3, 0.4) is 0 Å². The third kappa shape index (κ3) is 4.41. The van der Waals surface area contributed by atoms with Crippen molar-refractivity contribution in [3.05, 3.63) is 71.6 Å². The van der Waals surface area contributed by atoms with Gasteiger partial charge in [-0.15, -0.1) is 0 Å². The summed E-state index contributed by atoms with van der Waals surface area (Å²) in [6.07, 6.45) is 4.07. The van der Waals surface area contributed by atoms with Crippen molar-refractivity contribution in [3.8, 4) is 11.6 Å². The normalized spacial score (nSPS) is 12.3.